The molecule has 0 heterocycles. The zero-order valence-electron chi connectivity index (χ0n) is 12.2. The largest absolute Gasteiger partial charge is 0.398 e. The van der Waals surface area contributed by atoms with Crippen LogP contribution >= 0.6 is 11.8 Å². The van der Waals surface area contributed by atoms with E-state index < -0.39 is 0 Å². The lowest BCUT2D eigenvalue weighted by Gasteiger charge is -2.29. The minimum atomic E-state index is -0.0853. The van der Waals surface area contributed by atoms with Crippen molar-refractivity contribution < 1.29 is 4.79 Å². The highest BCUT2D eigenvalue weighted by Gasteiger charge is 2.25. The first kappa shape index (κ1) is 15.9. The lowest BCUT2D eigenvalue weighted by Crippen LogP contribution is -2.39. The highest BCUT2D eigenvalue weighted by Crippen LogP contribution is 2.29. The summed E-state index contributed by atoms with van der Waals surface area (Å²) < 4.78 is 0.120. The number of rotatable bonds is 6. The minimum Gasteiger partial charge on any atom is -0.398 e. The van der Waals surface area contributed by atoms with Gasteiger partial charge in [0.05, 0.1) is 5.56 Å². The third-order valence-corrected chi connectivity index (χ3v) is 5.33. The smallest absolute Gasteiger partial charge is 0.253 e. The van der Waals surface area contributed by atoms with Gasteiger partial charge in [0.15, 0.2) is 0 Å². The molecule has 1 aromatic carbocycles. The number of amides is 1. The van der Waals surface area contributed by atoms with Crippen molar-refractivity contribution in [2.75, 3.05) is 18.5 Å². The molecule has 19 heavy (non-hydrogen) atoms. The van der Waals surface area contributed by atoms with E-state index in [0.29, 0.717) is 17.8 Å². The third kappa shape index (κ3) is 3.90. The Balaban J connectivity index is 2.75. The third-order valence-electron chi connectivity index (χ3n) is 3.74. The number of hydrogen-bond donors (Lipinski definition) is 2. The van der Waals surface area contributed by atoms with Crippen LogP contribution in [0.5, 0.6) is 0 Å². The fourth-order valence-electron chi connectivity index (χ4n) is 2.09. The summed E-state index contributed by atoms with van der Waals surface area (Å²) in [5.41, 5.74) is 8.06. The molecule has 0 saturated carbocycles. The number of carbonyl (C=O) groups excluding carboxylic acids is 1. The van der Waals surface area contributed by atoms with Gasteiger partial charge < -0.3 is 11.1 Å². The van der Waals surface area contributed by atoms with Crippen molar-refractivity contribution in [3.63, 3.8) is 0 Å². The molecule has 0 fully saturated rings. The number of nitrogens with one attached hydrogen (secondary N) is 1. The molecule has 3 N–H and O–H groups in total. The fourth-order valence-corrected chi connectivity index (χ4v) is 2.88. The number of aryl methyl sites for hydroxylation is 1. The summed E-state index contributed by atoms with van der Waals surface area (Å²) in [7, 11) is 0. The van der Waals surface area contributed by atoms with Crippen molar-refractivity contribution in [2.45, 2.75) is 38.4 Å². The van der Waals surface area contributed by atoms with E-state index in [1.807, 2.05) is 30.8 Å². The Morgan fingerprint density at radius 2 is 2.00 bits per heavy atom. The zero-order valence-corrected chi connectivity index (χ0v) is 13.1. The second kappa shape index (κ2) is 6.85. The first-order chi connectivity index (χ1) is 8.98. The van der Waals surface area contributed by atoms with E-state index in [4.69, 9.17) is 5.73 Å². The molecule has 0 aromatic heterocycles. The van der Waals surface area contributed by atoms with Gasteiger partial charge in [-0.15, -0.1) is 0 Å². The van der Waals surface area contributed by atoms with E-state index in [1.54, 1.807) is 6.07 Å². The van der Waals surface area contributed by atoms with Crippen molar-refractivity contribution in [3.8, 4) is 0 Å². The standard InChI is InChI=1S/C15H24N2OS/c1-5-15(6-2,19-4)10-17-14(18)12-8-7-11(3)9-13(12)16/h7-9H,5-6,10,16H2,1-4H3,(H,17,18). The molecule has 0 spiro atoms. The zero-order chi connectivity index (χ0) is 14.5. The van der Waals surface area contributed by atoms with Crippen LogP contribution < -0.4 is 11.1 Å². The molecule has 0 radical (unpaired) electrons. The maximum Gasteiger partial charge on any atom is 0.253 e. The van der Waals surface area contributed by atoms with Crippen LogP contribution in [0.2, 0.25) is 0 Å². The van der Waals surface area contributed by atoms with Crippen molar-refractivity contribution in [1.29, 1.82) is 0 Å². The fraction of sp³-hybridized carbons (Fsp3) is 0.533. The summed E-state index contributed by atoms with van der Waals surface area (Å²) in [6, 6.07) is 5.53. The maximum atomic E-state index is 12.2. The molecule has 0 atom stereocenters. The van der Waals surface area contributed by atoms with Crippen molar-refractivity contribution in [2.24, 2.45) is 0 Å². The highest BCUT2D eigenvalue weighted by atomic mass is 32.2. The second-order valence-corrected chi connectivity index (χ2v) is 6.14. The van der Waals surface area contributed by atoms with Crippen LogP contribution in [-0.4, -0.2) is 23.5 Å². The quantitative estimate of drug-likeness (QED) is 0.787. The molecule has 0 saturated heterocycles. The Bertz CT molecular complexity index is 434. The Kier molecular flexibility index (Phi) is 5.73. The molecular weight excluding hydrogens is 256 g/mol. The van der Waals surface area contributed by atoms with Crippen molar-refractivity contribution in [1.82, 2.24) is 5.32 Å². The number of anilines is 1. The van der Waals surface area contributed by atoms with Gasteiger partial charge in [-0.2, -0.15) is 11.8 Å². The molecule has 4 heteroatoms. The van der Waals surface area contributed by atoms with Crippen LogP contribution in [0.4, 0.5) is 5.69 Å². The number of thioether (sulfide) groups is 1. The van der Waals surface area contributed by atoms with E-state index in [2.05, 4.69) is 25.4 Å². The lowest BCUT2D eigenvalue weighted by atomic mass is 10.0. The molecule has 0 bridgehead atoms. The molecule has 0 aliphatic rings. The van der Waals surface area contributed by atoms with E-state index >= 15 is 0 Å². The Morgan fingerprint density at radius 1 is 1.37 bits per heavy atom. The first-order valence-corrected chi connectivity index (χ1v) is 7.90. The molecule has 1 amide bonds. The second-order valence-electron chi connectivity index (χ2n) is 4.87. The van der Waals surface area contributed by atoms with Crippen LogP contribution in [0.25, 0.3) is 0 Å². The molecule has 1 aromatic rings. The summed E-state index contributed by atoms with van der Waals surface area (Å²) in [5.74, 6) is -0.0853. The number of hydrogen-bond acceptors (Lipinski definition) is 3. The highest BCUT2D eigenvalue weighted by molar-refractivity contribution is 8.00. The van der Waals surface area contributed by atoms with Gasteiger partial charge in [-0.25, -0.2) is 0 Å². The Morgan fingerprint density at radius 3 is 2.47 bits per heavy atom. The van der Waals surface area contributed by atoms with Gasteiger partial charge in [0, 0.05) is 17.0 Å². The molecule has 106 valence electrons. The van der Waals surface area contributed by atoms with Gasteiger partial charge in [-0.05, 0) is 43.7 Å². The van der Waals surface area contributed by atoms with Crippen molar-refractivity contribution >= 4 is 23.4 Å². The van der Waals surface area contributed by atoms with E-state index in [1.165, 1.54) is 0 Å². The normalized spacial score (nSPS) is 11.4. The first-order valence-electron chi connectivity index (χ1n) is 6.67. The summed E-state index contributed by atoms with van der Waals surface area (Å²) in [5, 5.41) is 3.01. The van der Waals surface area contributed by atoms with Gasteiger partial charge in [0.25, 0.3) is 5.91 Å². The van der Waals surface area contributed by atoms with Crippen LogP contribution in [0.3, 0.4) is 0 Å². The number of carbonyl (C=O) groups is 1. The van der Waals surface area contributed by atoms with Gasteiger partial charge in [-0.1, -0.05) is 19.9 Å². The number of benzene rings is 1. The minimum absolute atomic E-state index is 0.0853. The summed E-state index contributed by atoms with van der Waals surface area (Å²) in [6.07, 6.45) is 4.17. The average Bonchev–Trinajstić information content (AvgIpc) is 2.40. The van der Waals surface area contributed by atoms with Gasteiger partial charge in [0.2, 0.25) is 0 Å². The van der Waals surface area contributed by atoms with Crippen molar-refractivity contribution in [3.05, 3.63) is 29.3 Å². The van der Waals surface area contributed by atoms with Crippen LogP contribution in [0, 0.1) is 6.92 Å². The molecule has 0 aliphatic heterocycles. The van der Waals surface area contributed by atoms with Gasteiger partial charge >= 0.3 is 0 Å². The number of nitrogens with two attached hydrogens (primary N) is 1. The Hall–Kier alpha value is -1.16. The van der Waals surface area contributed by atoms with E-state index in [-0.39, 0.29) is 10.7 Å². The molecular formula is C15H24N2OS. The predicted molar refractivity (Wildman–Crippen MR) is 84.8 cm³/mol. The lowest BCUT2D eigenvalue weighted by molar-refractivity contribution is 0.0950. The predicted octanol–water partition coefficient (Wildman–Crippen LogP) is 3.23. The average molecular weight is 280 g/mol. The maximum absolute atomic E-state index is 12.2. The molecule has 3 nitrogen and oxygen atoms in total. The van der Waals surface area contributed by atoms with Crippen LogP contribution in [0.1, 0.15) is 42.6 Å². The topological polar surface area (TPSA) is 55.1 Å². The van der Waals surface area contributed by atoms with E-state index in [0.717, 1.165) is 18.4 Å². The summed E-state index contributed by atoms with van der Waals surface area (Å²) in [4.78, 5) is 12.2. The van der Waals surface area contributed by atoms with Gasteiger partial charge in [0.1, 0.15) is 0 Å². The van der Waals surface area contributed by atoms with Crippen LogP contribution in [-0.2, 0) is 0 Å². The molecule has 0 unspecified atom stereocenters. The van der Waals surface area contributed by atoms with E-state index in [9.17, 15) is 4.79 Å². The summed E-state index contributed by atoms with van der Waals surface area (Å²) in [6.45, 7) is 6.96. The molecule has 0 aliphatic carbocycles. The Labute approximate surface area is 120 Å². The van der Waals surface area contributed by atoms with Crippen LogP contribution in [0.15, 0.2) is 18.2 Å². The number of nitrogen functional groups attached to an aromatic ring is 1. The van der Waals surface area contributed by atoms with Gasteiger partial charge in [-0.3, -0.25) is 4.79 Å². The molecule has 1 rings (SSSR count). The summed E-state index contributed by atoms with van der Waals surface area (Å²) >= 11 is 1.82. The monoisotopic (exact) mass is 280 g/mol. The SMILES string of the molecule is CCC(CC)(CNC(=O)c1ccc(C)cc1N)SC.